The smallest absolute Gasteiger partial charge is 0.306 e. The van der Waals surface area contributed by atoms with E-state index < -0.39 is 27.6 Å². The fourth-order valence-corrected chi connectivity index (χ4v) is 4.69. The Hall–Kier alpha value is -1.15. The summed E-state index contributed by atoms with van der Waals surface area (Å²) in [7, 11) is -3.84. The first kappa shape index (κ1) is 17.2. The molecule has 0 saturated carbocycles. The second kappa shape index (κ2) is 6.16. The van der Waals surface area contributed by atoms with E-state index >= 15 is 0 Å². The number of carboxylic acids is 1. The van der Waals surface area contributed by atoms with E-state index in [4.69, 9.17) is 21.4 Å². The van der Waals surface area contributed by atoms with Gasteiger partial charge in [-0.25, -0.2) is 8.42 Å². The van der Waals surface area contributed by atoms with Crippen molar-refractivity contribution in [3.05, 3.63) is 29.3 Å². The van der Waals surface area contributed by atoms with Crippen LogP contribution in [0.2, 0.25) is 5.02 Å². The standard InChI is InChI=1S/C14H18ClNO5S/c1-14(2)9-21-10(7-13(17)18)8-16(14)22(19,20)12-6-4-3-5-11(12)15/h3-6,10H,7-9H2,1-2H3,(H,17,18). The molecule has 0 bridgehead atoms. The van der Waals surface area contributed by atoms with Crippen LogP contribution < -0.4 is 0 Å². The van der Waals surface area contributed by atoms with Crippen LogP contribution in [0.25, 0.3) is 0 Å². The van der Waals surface area contributed by atoms with E-state index in [2.05, 4.69) is 0 Å². The topological polar surface area (TPSA) is 83.9 Å². The summed E-state index contributed by atoms with van der Waals surface area (Å²) in [5, 5.41) is 9.02. The molecule has 22 heavy (non-hydrogen) atoms. The molecular formula is C14H18ClNO5S. The number of ether oxygens (including phenoxy) is 1. The number of sulfonamides is 1. The zero-order valence-corrected chi connectivity index (χ0v) is 13.9. The molecule has 0 spiro atoms. The van der Waals surface area contributed by atoms with E-state index in [9.17, 15) is 13.2 Å². The van der Waals surface area contributed by atoms with Gasteiger partial charge in [-0.1, -0.05) is 23.7 Å². The Balaban J connectivity index is 2.38. The summed E-state index contributed by atoms with van der Waals surface area (Å²) in [5.74, 6) is -1.03. The Morgan fingerprint density at radius 1 is 1.45 bits per heavy atom. The maximum atomic E-state index is 12.9. The van der Waals surface area contributed by atoms with Gasteiger partial charge in [0.25, 0.3) is 0 Å². The van der Waals surface area contributed by atoms with Crippen LogP contribution in [-0.4, -0.2) is 48.6 Å². The van der Waals surface area contributed by atoms with E-state index in [0.717, 1.165) is 0 Å². The predicted octanol–water partition coefficient (Wildman–Crippen LogP) is 1.98. The van der Waals surface area contributed by atoms with Gasteiger partial charge in [0.1, 0.15) is 4.90 Å². The van der Waals surface area contributed by atoms with Gasteiger partial charge in [-0.15, -0.1) is 0 Å². The average molecular weight is 348 g/mol. The summed E-state index contributed by atoms with van der Waals surface area (Å²) < 4.78 is 32.5. The molecule has 0 aliphatic carbocycles. The second-order valence-electron chi connectivity index (χ2n) is 5.81. The Morgan fingerprint density at radius 2 is 2.09 bits per heavy atom. The number of carbonyl (C=O) groups is 1. The van der Waals surface area contributed by atoms with Crippen LogP contribution in [-0.2, 0) is 19.6 Å². The van der Waals surface area contributed by atoms with Gasteiger partial charge in [0.2, 0.25) is 10.0 Å². The van der Waals surface area contributed by atoms with E-state index in [1.54, 1.807) is 26.0 Å². The van der Waals surface area contributed by atoms with E-state index in [1.807, 2.05) is 0 Å². The Bertz CT molecular complexity index is 674. The van der Waals surface area contributed by atoms with Gasteiger partial charge in [0, 0.05) is 6.54 Å². The third kappa shape index (κ3) is 3.43. The van der Waals surface area contributed by atoms with Crippen molar-refractivity contribution in [2.24, 2.45) is 0 Å². The quantitative estimate of drug-likeness (QED) is 0.900. The molecular weight excluding hydrogens is 330 g/mol. The first-order valence-electron chi connectivity index (χ1n) is 6.75. The van der Waals surface area contributed by atoms with Crippen molar-refractivity contribution in [1.82, 2.24) is 4.31 Å². The highest BCUT2D eigenvalue weighted by Gasteiger charge is 2.43. The van der Waals surface area contributed by atoms with Crippen LogP contribution >= 0.6 is 11.6 Å². The lowest BCUT2D eigenvalue weighted by atomic mass is 10.0. The van der Waals surface area contributed by atoms with Crippen LogP contribution in [0, 0.1) is 0 Å². The molecule has 1 aliphatic rings. The van der Waals surface area contributed by atoms with Crippen LogP contribution in [0.1, 0.15) is 20.3 Å². The van der Waals surface area contributed by atoms with E-state index in [1.165, 1.54) is 16.4 Å². The zero-order chi connectivity index (χ0) is 16.5. The molecule has 122 valence electrons. The van der Waals surface area contributed by atoms with E-state index in [-0.39, 0.29) is 29.5 Å². The fraction of sp³-hybridized carbons (Fsp3) is 0.500. The van der Waals surface area contributed by atoms with Gasteiger partial charge in [-0.2, -0.15) is 4.31 Å². The molecule has 1 aromatic carbocycles. The number of carboxylic acid groups (broad SMARTS) is 1. The van der Waals surface area contributed by atoms with Gasteiger partial charge >= 0.3 is 5.97 Å². The zero-order valence-electron chi connectivity index (χ0n) is 12.3. The molecule has 1 saturated heterocycles. The van der Waals surface area contributed by atoms with Gasteiger partial charge in [0.15, 0.2) is 0 Å². The van der Waals surface area contributed by atoms with Crippen molar-refractivity contribution >= 4 is 27.6 Å². The summed E-state index contributed by atoms with van der Waals surface area (Å²) in [6.45, 7) is 3.57. The Morgan fingerprint density at radius 3 is 2.68 bits per heavy atom. The number of morpholine rings is 1. The third-order valence-electron chi connectivity index (χ3n) is 3.52. The molecule has 0 radical (unpaired) electrons. The average Bonchev–Trinajstić information content (AvgIpc) is 2.40. The Labute approximate surface area is 134 Å². The first-order valence-corrected chi connectivity index (χ1v) is 8.57. The minimum atomic E-state index is -3.84. The normalized spacial score (nSPS) is 22.4. The number of benzene rings is 1. The molecule has 1 heterocycles. The molecule has 1 fully saturated rings. The minimum Gasteiger partial charge on any atom is -0.481 e. The molecule has 1 N–H and O–H groups in total. The second-order valence-corrected chi connectivity index (χ2v) is 8.05. The molecule has 0 aromatic heterocycles. The fourth-order valence-electron chi connectivity index (χ4n) is 2.39. The lowest BCUT2D eigenvalue weighted by molar-refractivity contribution is -0.143. The SMILES string of the molecule is CC1(C)COC(CC(=O)O)CN1S(=O)(=O)c1ccccc1Cl. The van der Waals surface area contributed by atoms with Gasteiger partial charge in [-0.3, -0.25) is 4.79 Å². The Kier molecular flexibility index (Phi) is 4.81. The number of rotatable bonds is 4. The van der Waals surface area contributed by atoms with Crippen molar-refractivity contribution in [2.75, 3.05) is 13.2 Å². The van der Waals surface area contributed by atoms with Gasteiger partial charge in [0.05, 0.1) is 29.7 Å². The number of nitrogens with zero attached hydrogens (tertiary/aromatic N) is 1. The molecule has 0 amide bonds. The number of aliphatic carboxylic acids is 1. The molecule has 6 nitrogen and oxygen atoms in total. The van der Waals surface area contributed by atoms with Crippen LogP contribution in [0.4, 0.5) is 0 Å². The number of hydrogen-bond donors (Lipinski definition) is 1. The molecule has 8 heteroatoms. The van der Waals surface area contributed by atoms with Gasteiger partial charge in [-0.05, 0) is 26.0 Å². The summed E-state index contributed by atoms with van der Waals surface area (Å²) in [4.78, 5) is 10.9. The highest BCUT2D eigenvalue weighted by molar-refractivity contribution is 7.89. The summed E-state index contributed by atoms with van der Waals surface area (Å²) >= 11 is 6.01. The highest BCUT2D eigenvalue weighted by Crippen LogP contribution is 2.32. The van der Waals surface area contributed by atoms with Crippen molar-refractivity contribution < 1.29 is 23.1 Å². The first-order chi connectivity index (χ1) is 10.1. The van der Waals surface area contributed by atoms with Gasteiger partial charge < -0.3 is 9.84 Å². The van der Waals surface area contributed by atoms with Crippen molar-refractivity contribution in [3.63, 3.8) is 0 Å². The lowest BCUT2D eigenvalue weighted by Gasteiger charge is -2.43. The molecule has 1 aliphatic heterocycles. The number of hydrogen-bond acceptors (Lipinski definition) is 4. The van der Waals surface area contributed by atoms with Crippen molar-refractivity contribution in [1.29, 1.82) is 0 Å². The molecule has 1 aromatic rings. The van der Waals surface area contributed by atoms with Crippen molar-refractivity contribution in [2.45, 2.75) is 36.8 Å². The number of halogens is 1. The largest absolute Gasteiger partial charge is 0.481 e. The maximum absolute atomic E-state index is 12.9. The van der Waals surface area contributed by atoms with Crippen LogP contribution in [0.3, 0.4) is 0 Å². The maximum Gasteiger partial charge on any atom is 0.306 e. The van der Waals surface area contributed by atoms with Crippen LogP contribution in [0.15, 0.2) is 29.2 Å². The summed E-state index contributed by atoms with van der Waals surface area (Å²) in [5.41, 5.74) is -0.785. The lowest BCUT2D eigenvalue weighted by Crippen LogP contribution is -2.58. The molecule has 1 atom stereocenters. The minimum absolute atomic E-state index is 0.0146. The predicted molar refractivity (Wildman–Crippen MR) is 81.4 cm³/mol. The molecule has 1 unspecified atom stereocenters. The van der Waals surface area contributed by atoms with Crippen molar-refractivity contribution in [3.8, 4) is 0 Å². The summed E-state index contributed by atoms with van der Waals surface area (Å²) in [6.07, 6.45) is -0.923. The monoisotopic (exact) mass is 347 g/mol. The highest BCUT2D eigenvalue weighted by atomic mass is 35.5. The summed E-state index contributed by atoms with van der Waals surface area (Å²) in [6, 6.07) is 6.20. The molecule has 2 rings (SSSR count). The van der Waals surface area contributed by atoms with E-state index in [0.29, 0.717) is 0 Å². The third-order valence-corrected chi connectivity index (χ3v) is 6.10. The van der Waals surface area contributed by atoms with Crippen LogP contribution in [0.5, 0.6) is 0 Å².